The van der Waals surface area contributed by atoms with Crippen molar-refractivity contribution >= 4 is 11.8 Å². The molecule has 16 heavy (non-hydrogen) atoms. The van der Waals surface area contributed by atoms with Crippen LogP contribution in [0, 0.1) is 11.3 Å². The molecule has 0 aromatic heterocycles. The van der Waals surface area contributed by atoms with Crippen LogP contribution in [0.15, 0.2) is 12.2 Å². The molecule has 1 rings (SSSR count). The van der Waals surface area contributed by atoms with Crippen LogP contribution in [0.2, 0.25) is 0 Å². The lowest BCUT2D eigenvalue weighted by molar-refractivity contribution is -0.159. The molecule has 0 amide bonds. The van der Waals surface area contributed by atoms with E-state index in [0.717, 1.165) is 12.0 Å². The van der Waals surface area contributed by atoms with Crippen LogP contribution in [0.1, 0.15) is 40.0 Å². The van der Waals surface area contributed by atoms with Gasteiger partial charge in [0.1, 0.15) is 5.41 Å². The maximum atomic E-state index is 12.1. The van der Waals surface area contributed by atoms with Crippen molar-refractivity contribution in [1.29, 1.82) is 0 Å². The van der Waals surface area contributed by atoms with E-state index in [2.05, 4.69) is 6.58 Å². The Labute approximate surface area is 96.9 Å². The molecule has 0 saturated heterocycles. The number of hydrogen-bond acceptors (Lipinski definition) is 3. The number of ketones is 1. The van der Waals surface area contributed by atoms with E-state index in [4.69, 9.17) is 4.74 Å². The van der Waals surface area contributed by atoms with Crippen molar-refractivity contribution in [3.63, 3.8) is 0 Å². The molecule has 3 heteroatoms. The Morgan fingerprint density at radius 2 is 2.25 bits per heavy atom. The summed E-state index contributed by atoms with van der Waals surface area (Å²) >= 11 is 0. The van der Waals surface area contributed by atoms with Crippen LogP contribution in [0.25, 0.3) is 0 Å². The first-order chi connectivity index (χ1) is 7.44. The van der Waals surface area contributed by atoms with Crippen LogP contribution in [0.5, 0.6) is 0 Å². The van der Waals surface area contributed by atoms with Crippen molar-refractivity contribution in [2.45, 2.75) is 40.0 Å². The van der Waals surface area contributed by atoms with E-state index < -0.39 is 5.41 Å². The number of rotatable bonds is 4. The molecule has 0 aliphatic heterocycles. The van der Waals surface area contributed by atoms with Crippen LogP contribution in [0.3, 0.4) is 0 Å². The maximum Gasteiger partial charge on any atom is 0.319 e. The Hall–Kier alpha value is -1.12. The van der Waals surface area contributed by atoms with Crippen LogP contribution >= 0.6 is 0 Å². The maximum absolute atomic E-state index is 12.1. The smallest absolute Gasteiger partial charge is 0.319 e. The predicted octanol–water partition coefficient (Wildman–Crippen LogP) is 2.50. The zero-order valence-electron chi connectivity index (χ0n) is 10.3. The summed E-state index contributed by atoms with van der Waals surface area (Å²) in [4.78, 5) is 24.1. The monoisotopic (exact) mass is 224 g/mol. The summed E-state index contributed by atoms with van der Waals surface area (Å²) in [6, 6.07) is 0. The van der Waals surface area contributed by atoms with E-state index in [9.17, 15) is 9.59 Å². The van der Waals surface area contributed by atoms with Gasteiger partial charge in [0.25, 0.3) is 0 Å². The number of carbonyl (C=O) groups excluding carboxylic acids is 2. The molecule has 0 N–H and O–H groups in total. The molecule has 1 aliphatic carbocycles. The van der Waals surface area contributed by atoms with Gasteiger partial charge in [0.2, 0.25) is 0 Å². The Bertz CT molecular complexity index is 319. The summed E-state index contributed by atoms with van der Waals surface area (Å²) in [5.41, 5.74) is -0.0862. The molecule has 2 atom stereocenters. The van der Waals surface area contributed by atoms with E-state index in [1.165, 1.54) is 0 Å². The van der Waals surface area contributed by atoms with Gasteiger partial charge >= 0.3 is 5.97 Å². The number of esters is 1. The highest BCUT2D eigenvalue weighted by Crippen LogP contribution is 2.43. The molecule has 0 bridgehead atoms. The molecule has 0 aromatic carbocycles. The van der Waals surface area contributed by atoms with Gasteiger partial charge in [-0.3, -0.25) is 9.59 Å². The molecule has 0 unspecified atom stereocenters. The highest BCUT2D eigenvalue weighted by molar-refractivity contribution is 6.06. The van der Waals surface area contributed by atoms with Gasteiger partial charge in [-0.15, -0.1) is 6.58 Å². The van der Waals surface area contributed by atoms with Gasteiger partial charge in [-0.25, -0.2) is 0 Å². The third-order valence-corrected chi connectivity index (χ3v) is 3.19. The van der Waals surface area contributed by atoms with Gasteiger partial charge in [0, 0.05) is 5.92 Å². The number of carbonyl (C=O) groups is 2. The fourth-order valence-corrected chi connectivity index (χ4v) is 2.42. The van der Waals surface area contributed by atoms with Crippen molar-refractivity contribution in [2.75, 3.05) is 6.61 Å². The highest BCUT2D eigenvalue weighted by atomic mass is 16.5. The van der Waals surface area contributed by atoms with Crippen LogP contribution in [-0.4, -0.2) is 18.4 Å². The normalized spacial score (nSPS) is 29.2. The topological polar surface area (TPSA) is 43.4 Å². The Kier molecular flexibility index (Phi) is 3.89. The van der Waals surface area contributed by atoms with Crippen molar-refractivity contribution in [2.24, 2.45) is 11.3 Å². The Balaban J connectivity index is 2.98. The standard InChI is InChI=1S/C13H20O3/c1-5-16-12(15)13(8-9(2)3)7-6-10(4)11(13)14/h10H,2,5-8H2,1,3-4H3/t10-,13+/m1/s1. The molecule has 1 aliphatic rings. The summed E-state index contributed by atoms with van der Waals surface area (Å²) in [6.07, 6.45) is 1.79. The lowest BCUT2D eigenvalue weighted by Gasteiger charge is -2.25. The minimum Gasteiger partial charge on any atom is -0.465 e. The minimum atomic E-state index is -0.943. The first-order valence-corrected chi connectivity index (χ1v) is 5.80. The quantitative estimate of drug-likeness (QED) is 0.418. The number of allylic oxidation sites excluding steroid dienone is 1. The van der Waals surface area contributed by atoms with Gasteiger partial charge < -0.3 is 4.74 Å². The van der Waals surface area contributed by atoms with Crippen LogP contribution < -0.4 is 0 Å². The SMILES string of the molecule is C=C(C)C[C@@]1(C(=O)OCC)CC[C@@H](C)C1=O. The largest absolute Gasteiger partial charge is 0.465 e. The van der Waals surface area contributed by atoms with E-state index in [-0.39, 0.29) is 17.7 Å². The summed E-state index contributed by atoms with van der Waals surface area (Å²) in [5, 5.41) is 0. The lowest BCUT2D eigenvalue weighted by Crippen LogP contribution is -2.38. The second kappa shape index (κ2) is 4.81. The molecule has 90 valence electrons. The lowest BCUT2D eigenvalue weighted by atomic mass is 9.78. The van der Waals surface area contributed by atoms with Crippen molar-refractivity contribution in [3.05, 3.63) is 12.2 Å². The third kappa shape index (κ3) is 2.18. The average molecular weight is 224 g/mol. The Morgan fingerprint density at radius 3 is 2.62 bits per heavy atom. The molecule has 0 spiro atoms. The molecule has 1 saturated carbocycles. The fraction of sp³-hybridized carbons (Fsp3) is 0.692. The van der Waals surface area contributed by atoms with Crippen molar-refractivity contribution < 1.29 is 14.3 Å². The zero-order valence-corrected chi connectivity index (χ0v) is 10.3. The minimum absolute atomic E-state index is 0.0222. The Morgan fingerprint density at radius 1 is 1.62 bits per heavy atom. The average Bonchev–Trinajstić information content (AvgIpc) is 2.47. The third-order valence-electron chi connectivity index (χ3n) is 3.19. The summed E-state index contributed by atoms with van der Waals surface area (Å²) < 4.78 is 5.05. The van der Waals surface area contributed by atoms with Crippen molar-refractivity contribution in [1.82, 2.24) is 0 Å². The fourth-order valence-electron chi connectivity index (χ4n) is 2.42. The van der Waals surface area contributed by atoms with E-state index >= 15 is 0 Å². The molecular formula is C13H20O3. The first-order valence-electron chi connectivity index (χ1n) is 5.80. The molecule has 0 heterocycles. The van der Waals surface area contributed by atoms with Gasteiger partial charge in [-0.1, -0.05) is 12.5 Å². The second-order valence-corrected chi connectivity index (χ2v) is 4.74. The summed E-state index contributed by atoms with van der Waals surface area (Å²) in [5.74, 6) is -0.384. The number of Topliss-reactive ketones (excluding diaryl/α,β-unsaturated/α-hetero) is 1. The summed E-state index contributed by atoms with van der Waals surface area (Å²) in [6.45, 7) is 9.60. The first kappa shape index (κ1) is 12.9. The van der Waals surface area contributed by atoms with Crippen LogP contribution in [-0.2, 0) is 14.3 Å². The summed E-state index contributed by atoms with van der Waals surface area (Å²) in [7, 11) is 0. The van der Waals surface area contributed by atoms with Gasteiger partial charge in [0.05, 0.1) is 6.61 Å². The van der Waals surface area contributed by atoms with Gasteiger partial charge in [0.15, 0.2) is 5.78 Å². The highest BCUT2D eigenvalue weighted by Gasteiger charge is 2.52. The zero-order chi connectivity index (χ0) is 12.3. The van der Waals surface area contributed by atoms with Crippen molar-refractivity contribution in [3.8, 4) is 0 Å². The molecule has 1 fully saturated rings. The van der Waals surface area contributed by atoms with Gasteiger partial charge in [-0.2, -0.15) is 0 Å². The van der Waals surface area contributed by atoms with Gasteiger partial charge in [-0.05, 0) is 33.1 Å². The molecule has 0 aromatic rings. The molecular weight excluding hydrogens is 204 g/mol. The predicted molar refractivity (Wildman–Crippen MR) is 61.9 cm³/mol. The number of hydrogen-bond donors (Lipinski definition) is 0. The molecule has 3 nitrogen and oxygen atoms in total. The van der Waals surface area contributed by atoms with Crippen LogP contribution in [0.4, 0.5) is 0 Å². The molecule has 0 radical (unpaired) electrons. The number of ether oxygens (including phenoxy) is 1. The second-order valence-electron chi connectivity index (χ2n) is 4.74. The van der Waals surface area contributed by atoms with E-state index in [0.29, 0.717) is 19.4 Å². The van der Waals surface area contributed by atoms with E-state index in [1.54, 1.807) is 6.92 Å². The van der Waals surface area contributed by atoms with E-state index in [1.807, 2.05) is 13.8 Å².